The minimum Gasteiger partial charge on any atom is -0.192 e. The first-order chi connectivity index (χ1) is 13.9. The summed E-state index contributed by atoms with van der Waals surface area (Å²) in [7, 11) is -6.91. The molecule has 2 aromatic rings. The highest BCUT2D eigenvalue weighted by Crippen LogP contribution is 2.55. The maximum Gasteiger partial charge on any atom is 0.460 e. The van der Waals surface area contributed by atoms with Gasteiger partial charge in [0.25, 0.3) is 0 Å². The third kappa shape index (κ3) is 5.12. The van der Waals surface area contributed by atoms with Crippen molar-refractivity contribution in [2.75, 3.05) is 0 Å². The lowest BCUT2D eigenvalue weighted by Gasteiger charge is -2.32. The molecule has 0 saturated carbocycles. The first-order valence-electron chi connectivity index (χ1n) is 7.57. The zero-order valence-corrected chi connectivity index (χ0v) is 18.0. The minimum atomic E-state index is -7.34. The molecule has 16 heteroatoms. The highest BCUT2D eigenvalue weighted by Gasteiger charge is 2.85. The number of thiophene rings is 1. The molecular weight excluding hydrogens is 527 g/mol. The average molecular weight is 536 g/mol. The van der Waals surface area contributed by atoms with E-state index in [2.05, 4.69) is 3.63 Å². The van der Waals surface area contributed by atoms with E-state index in [1.54, 1.807) is 24.3 Å². The van der Waals surface area contributed by atoms with Crippen LogP contribution in [0.2, 0.25) is 0 Å². The van der Waals surface area contributed by atoms with Crippen LogP contribution in [0.25, 0.3) is 0 Å². The Morgan fingerprint density at radius 2 is 1.32 bits per heavy atom. The number of aryl methyl sites for hydroxylation is 1. The molecule has 31 heavy (non-hydrogen) atoms. The van der Waals surface area contributed by atoms with Crippen LogP contribution >= 0.6 is 35.1 Å². The summed E-state index contributed by atoms with van der Waals surface area (Å²) in [6, 6.07) is 9.63. The predicted molar refractivity (Wildman–Crippen MR) is 96.4 cm³/mol. The molecule has 1 aromatic carbocycles. The van der Waals surface area contributed by atoms with Gasteiger partial charge in [-0.1, -0.05) is 29.5 Å². The van der Waals surface area contributed by atoms with E-state index in [9.17, 15) is 47.9 Å². The van der Waals surface area contributed by atoms with Gasteiger partial charge in [-0.05, 0) is 31.2 Å². The number of rotatable bonds is 8. The molecule has 0 saturated heterocycles. The molecule has 0 spiro atoms. The van der Waals surface area contributed by atoms with Crippen molar-refractivity contribution >= 4 is 45.3 Å². The largest absolute Gasteiger partial charge is 0.460 e. The van der Waals surface area contributed by atoms with Crippen molar-refractivity contribution in [3.63, 3.8) is 0 Å². The van der Waals surface area contributed by atoms with Crippen molar-refractivity contribution in [3.8, 4) is 0 Å². The summed E-state index contributed by atoms with van der Waals surface area (Å²) in [5.74, 6) is -14.7. The normalized spacial score (nSPS) is 14.1. The van der Waals surface area contributed by atoms with Crippen LogP contribution in [0, 0.1) is 6.92 Å². The molecule has 0 aliphatic carbocycles. The van der Waals surface area contributed by atoms with Crippen LogP contribution in [0.3, 0.4) is 0 Å². The molecule has 0 unspecified atom stereocenters. The summed E-state index contributed by atoms with van der Waals surface area (Å²) in [5, 5.41) is -6.89. The van der Waals surface area contributed by atoms with Gasteiger partial charge in [-0.3, -0.25) is 0 Å². The zero-order valence-electron chi connectivity index (χ0n) is 14.7. The molecule has 0 radical (unpaired) electrons. The van der Waals surface area contributed by atoms with Gasteiger partial charge in [-0.2, -0.15) is 51.6 Å². The summed E-state index contributed by atoms with van der Waals surface area (Å²) in [5.41, 5.74) is 0.971. The van der Waals surface area contributed by atoms with E-state index >= 15 is 0 Å². The second-order valence-corrected chi connectivity index (χ2v) is 11.0. The third-order valence-electron chi connectivity index (χ3n) is 3.43. The topological polar surface area (TPSA) is 43.4 Å². The van der Waals surface area contributed by atoms with Gasteiger partial charge in [0.15, 0.2) is 0 Å². The summed E-state index contributed by atoms with van der Waals surface area (Å²) in [4.78, 5) is 0.748. The van der Waals surface area contributed by atoms with Gasteiger partial charge in [0.1, 0.15) is 0 Å². The Hall–Kier alpha value is -1.10. The van der Waals surface area contributed by atoms with E-state index < -0.39 is 45.4 Å². The maximum atomic E-state index is 13.6. The summed E-state index contributed by atoms with van der Waals surface area (Å²) in [6.45, 7) is 1.84. The fourth-order valence-electron chi connectivity index (χ4n) is 1.76. The number of benzene rings is 1. The van der Waals surface area contributed by atoms with Gasteiger partial charge in [0.2, 0.25) is 0 Å². The van der Waals surface area contributed by atoms with Crippen molar-refractivity contribution < 1.29 is 51.6 Å². The van der Waals surface area contributed by atoms with Crippen LogP contribution in [0.4, 0.5) is 39.5 Å². The molecule has 174 valence electrons. The molecule has 1 aromatic heterocycles. The van der Waals surface area contributed by atoms with Crippen LogP contribution in [-0.2, 0) is 13.7 Å². The summed E-state index contributed by atoms with van der Waals surface area (Å²) < 4.78 is 142. The molecule has 1 heterocycles. The van der Waals surface area contributed by atoms with E-state index in [-0.39, 0.29) is 4.21 Å². The lowest BCUT2D eigenvalue weighted by Crippen LogP contribution is -2.63. The lowest BCUT2D eigenvalue weighted by molar-refractivity contribution is -0.382. The van der Waals surface area contributed by atoms with Gasteiger partial charge in [-0.25, -0.2) is 0 Å². The molecule has 0 atom stereocenters. The Balaban J connectivity index is 2.15. The van der Waals surface area contributed by atoms with Crippen molar-refractivity contribution in [1.82, 2.24) is 0 Å². The van der Waals surface area contributed by atoms with E-state index in [0.717, 1.165) is 27.9 Å². The number of halogens is 9. The highest BCUT2D eigenvalue weighted by atomic mass is 32.3. The standard InChI is InChI=1S/C15H9F9O3S4/c1-8-2-4-9(5-3-8)28-10-6-7-11(29-10)30-27-31(25,26)15(23,24)13(18,19)12(16,17)14(20,21)22/h2-7H,1H3. The van der Waals surface area contributed by atoms with Crippen LogP contribution in [0.1, 0.15) is 5.56 Å². The Morgan fingerprint density at radius 3 is 1.84 bits per heavy atom. The van der Waals surface area contributed by atoms with Crippen LogP contribution in [-0.4, -0.2) is 31.7 Å². The molecule has 0 N–H and O–H groups in total. The maximum absolute atomic E-state index is 13.6. The van der Waals surface area contributed by atoms with Gasteiger partial charge in [0, 0.05) is 4.90 Å². The molecule has 0 aliphatic heterocycles. The fraction of sp³-hybridized carbons (Fsp3) is 0.333. The van der Waals surface area contributed by atoms with Gasteiger partial charge in [-0.15, -0.1) is 11.3 Å². The SMILES string of the molecule is Cc1ccc(Sc2ccc(SOS(=O)(=O)C(F)(F)C(F)(F)C(F)(F)C(F)(F)F)s2)cc1. The lowest BCUT2D eigenvalue weighted by atomic mass is 10.1. The summed E-state index contributed by atoms with van der Waals surface area (Å²) in [6.07, 6.45) is -7.14. The first kappa shape index (κ1) is 26.2. The van der Waals surface area contributed by atoms with Crippen molar-refractivity contribution in [1.29, 1.82) is 0 Å². The monoisotopic (exact) mass is 536 g/mol. The third-order valence-corrected chi connectivity index (χ3v) is 8.08. The Bertz CT molecular complexity index is 1020. The van der Waals surface area contributed by atoms with Gasteiger partial charge >= 0.3 is 33.4 Å². The second kappa shape index (κ2) is 8.68. The molecular formula is C15H9F9O3S4. The van der Waals surface area contributed by atoms with E-state index in [1.807, 2.05) is 6.92 Å². The molecule has 3 nitrogen and oxygen atoms in total. The minimum absolute atomic E-state index is 0.167. The smallest absolute Gasteiger partial charge is 0.192 e. The zero-order chi connectivity index (χ0) is 23.9. The molecule has 0 fully saturated rings. The number of hydrogen-bond donors (Lipinski definition) is 0. The highest BCUT2D eigenvalue weighted by molar-refractivity contribution is 8.06. The fourth-order valence-corrected chi connectivity index (χ4v) is 5.95. The Morgan fingerprint density at radius 1 is 0.806 bits per heavy atom. The van der Waals surface area contributed by atoms with Gasteiger partial charge < -0.3 is 0 Å². The van der Waals surface area contributed by atoms with E-state index in [1.165, 1.54) is 17.8 Å². The first-order valence-corrected chi connectivity index (χ1v) is 11.4. The second-order valence-electron chi connectivity index (χ2n) is 5.76. The van der Waals surface area contributed by atoms with Crippen molar-refractivity contribution in [2.24, 2.45) is 0 Å². The van der Waals surface area contributed by atoms with Gasteiger partial charge in [0.05, 0.1) is 20.5 Å². The van der Waals surface area contributed by atoms with Crippen LogP contribution in [0.15, 0.2) is 49.7 Å². The number of alkyl halides is 9. The van der Waals surface area contributed by atoms with E-state index in [0.29, 0.717) is 4.21 Å². The molecule has 0 aliphatic rings. The Kier molecular flexibility index (Phi) is 7.33. The Labute approximate surface area is 182 Å². The van der Waals surface area contributed by atoms with Crippen LogP contribution in [0.5, 0.6) is 0 Å². The summed E-state index contributed by atoms with van der Waals surface area (Å²) >= 11 is 1.55. The quantitative estimate of drug-likeness (QED) is 0.269. The molecule has 0 amide bonds. The molecule has 0 bridgehead atoms. The van der Waals surface area contributed by atoms with Crippen molar-refractivity contribution in [2.45, 2.75) is 43.5 Å². The number of hydrogen-bond acceptors (Lipinski definition) is 6. The van der Waals surface area contributed by atoms with E-state index in [4.69, 9.17) is 0 Å². The average Bonchev–Trinajstić information content (AvgIpc) is 3.08. The predicted octanol–water partition coefficient (Wildman–Crippen LogP) is 6.99. The van der Waals surface area contributed by atoms with Crippen molar-refractivity contribution in [3.05, 3.63) is 42.0 Å². The van der Waals surface area contributed by atoms with Crippen LogP contribution < -0.4 is 0 Å². The molecule has 2 rings (SSSR count).